The maximum atomic E-state index is 14.3. The number of hydrogen-bond acceptors (Lipinski definition) is 4. The first-order valence-corrected chi connectivity index (χ1v) is 17.0. The van der Waals surface area contributed by atoms with Crippen LogP contribution in [0.15, 0.2) is 71.6 Å². The standard InChI is InChI=1S/C31H33Cl4N3O4S/c1-2-29(31(40)36-23-10-5-3-6-11-23)37(19-26-27(34)14-9-15-28(26)35)30(39)20-38(24-17-21(32)16-22(33)18-24)43(41,42)25-12-7-4-8-13-25/h4,7-9,12-18,23,29H,2-3,5-6,10-11,19-20H2,1H3,(H,36,40)/t29-/m0/s1. The lowest BCUT2D eigenvalue weighted by molar-refractivity contribution is -0.140. The van der Waals surface area contributed by atoms with E-state index in [-0.39, 0.29) is 45.5 Å². The first-order chi connectivity index (χ1) is 20.5. The summed E-state index contributed by atoms with van der Waals surface area (Å²) >= 11 is 25.5. The van der Waals surface area contributed by atoms with Gasteiger partial charge in [-0.25, -0.2) is 8.42 Å². The van der Waals surface area contributed by atoms with Crippen LogP contribution in [-0.4, -0.2) is 43.8 Å². The van der Waals surface area contributed by atoms with Gasteiger partial charge in [0.2, 0.25) is 11.8 Å². The molecular formula is C31H33Cl4N3O4S. The van der Waals surface area contributed by atoms with Crippen molar-refractivity contribution in [1.82, 2.24) is 10.2 Å². The molecule has 1 fully saturated rings. The Hall–Kier alpha value is -2.49. The Morgan fingerprint density at radius 2 is 1.49 bits per heavy atom. The minimum absolute atomic E-state index is 0.0136. The fraction of sp³-hybridized carbons (Fsp3) is 0.355. The van der Waals surface area contributed by atoms with Crippen LogP contribution < -0.4 is 9.62 Å². The van der Waals surface area contributed by atoms with Gasteiger partial charge >= 0.3 is 0 Å². The molecule has 0 unspecified atom stereocenters. The van der Waals surface area contributed by atoms with Crippen LogP contribution >= 0.6 is 46.4 Å². The van der Waals surface area contributed by atoms with Crippen molar-refractivity contribution in [2.24, 2.45) is 0 Å². The number of sulfonamides is 1. The maximum absolute atomic E-state index is 14.3. The summed E-state index contributed by atoms with van der Waals surface area (Å²) in [5, 5.41) is 4.15. The van der Waals surface area contributed by atoms with E-state index in [1.54, 1.807) is 43.3 Å². The summed E-state index contributed by atoms with van der Waals surface area (Å²) in [6, 6.07) is 16.1. The Kier molecular flexibility index (Phi) is 11.6. The van der Waals surface area contributed by atoms with Crippen LogP contribution in [-0.2, 0) is 26.2 Å². The minimum atomic E-state index is -4.26. The van der Waals surface area contributed by atoms with Crippen molar-refractivity contribution < 1.29 is 18.0 Å². The van der Waals surface area contributed by atoms with Gasteiger partial charge in [-0.3, -0.25) is 13.9 Å². The number of carbonyl (C=O) groups excluding carboxylic acids is 2. The second-order valence-electron chi connectivity index (χ2n) is 10.4. The number of halogens is 4. The molecule has 0 heterocycles. The molecule has 7 nitrogen and oxygen atoms in total. The van der Waals surface area contributed by atoms with Crippen LogP contribution in [0, 0.1) is 0 Å². The monoisotopic (exact) mass is 683 g/mol. The predicted octanol–water partition coefficient (Wildman–Crippen LogP) is 7.75. The van der Waals surface area contributed by atoms with Gasteiger partial charge in [0.25, 0.3) is 10.0 Å². The highest BCUT2D eigenvalue weighted by Crippen LogP contribution is 2.31. The zero-order valence-corrected chi connectivity index (χ0v) is 27.5. The summed E-state index contributed by atoms with van der Waals surface area (Å²) in [5.74, 6) is -0.938. The van der Waals surface area contributed by atoms with Crippen molar-refractivity contribution in [2.45, 2.75) is 69.0 Å². The Bertz CT molecular complexity index is 1510. The van der Waals surface area contributed by atoms with Gasteiger partial charge in [0.05, 0.1) is 10.6 Å². The predicted molar refractivity (Wildman–Crippen MR) is 174 cm³/mol. The quantitative estimate of drug-likeness (QED) is 0.224. The Balaban J connectivity index is 1.75. The molecule has 0 aromatic heterocycles. The van der Waals surface area contributed by atoms with Crippen molar-refractivity contribution in [3.05, 3.63) is 92.4 Å². The molecule has 230 valence electrons. The molecule has 1 aliphatic rings. The SMILES string of the molecule is CC[C@@H](C(=O)NC1CCCCC1)N(Cc1c(Cl)cccc1Cl)C(=O)CN(c1cc(Cl)cc(Cl)c1)S(=O)(=O)c1ccccc1. The van der Waals surface area contributed by atoms with Crippen LogP contribution in [0.2, 0.25) is 20.1 Å². The molecule has 3 aromatic rings. The van der Waals surface area contributed by atoms with Crippen LogP contribution in [0.4, 0.5) is 5.69 Å². The number of amides is 2. The van der Waals surface area contributed by atoms with E-state index >= 15 is 0 Å². The summed E-state index contributed by atoms with van der Waals surface area (Å²) in [7, 11) is -4.26. The molecule has 0 bridgehead atoms. The molecule has 1 aliphatic carbocycles. The molecule has 43 heavy (non-hydrogen) atoms. The van der Waals surface area contributed by atoms with Crippen molar-refractivity contribution in [2.75, 3.05) is 10.8 Å². The van der Waals surface area contributed by atoms with Gasteiger partial charge in [0.1, 0.15) is 12.6 Å². The lowest BCUT2D eigenvalue weighted by atomic mass is 9.95. The first-order valence-electron chi connectivity index (χ1n) is 14.1. The lowest BCUT2D eigenvalue weighted by Crippen LogP contribution is -2.54. The highest BCUT2D eigenvalue weighted by atomic mass is 35.5. The number of carbonyl (C=O) groups is 2. The number of nitrogens with zero attached hydrogens (tertiary/aromatic N) is 2. The van der Waals surface area contributed by atoms with Crippen LogP contribution in [0.3, 0.4) is 0 Å². The molecule has 1 saturated carbocycles. The fourth-order valence-corrected chi connectivity index (χ4v) is 7.70. The molecule has 1 N–H and O–H groups in total. The maximum Gasteiger partial charge on any atom is 0.264 e. The molecule has 0 aliphatic heterocycles. The van der Waals surface area contributed by atoms with Crippen LogP contribution in [0.25, 0.3) is 0 Å². The molecule has 0 spiro atoms. The fourth-order valence-electron chi connectivity index (χ4n) is 5.25. The van der Waals surface area contributed by atoms with Gasteiger partial charge in [-0.2, -0.15) is 0 Å². The number of rotatable bonds is 11. The molecule has 0 radical (unpaired) electrons. The van der Waals surface area contributed by atoms with Crippen molar-refractivity contribution in [3.8, 4) is 0 Å². The highest BCUT2D eigenvalue weighted by molar-refractivity contribution is 7.92. The summed E-state index contributed by atoms with van der Waals surface area (Å²) in [6.07, 6.45) is 5.18. The molecule has 12 heteroatoms. The molecule has 2 amide bonds. The highest BCUT2D eigenvalue weighted by Gasteiger charge is 2.35. The summed E-state index contributed by atoms with van der Waals surface area (Å²) < 4.78 is 28.9. The Morgan fingerprint density at radius 3 is 2.07 bits per heavy atom. The average Bonchev–Trinajstić information content (AvgIpc) is 2.97. The largest absolute Gasteiger partial charge is 0.352 e. The molecule has 0 saturated heterocycles. The summed E-state index contributed by atoms with van der Waals surface area (Å²) in [4.78, 5) is 29.3. The van der Waals surface area contributed by atoms with E-state index in [9.17, 15) is 18.0 Å². The normalized spacial score (nSPS) is 14.6. The molecule has 4 rings (SSSR count). The zero-order chi connectivity index (χ0) is 31.1. The van der Waals surface area contributed by atoms with E-state index in [2.05, 4.69) is 5.32 Å². The minimum Gasteiger partial charge on any atom is -0.352 e. The Morgan fingerprint density at radius 1 is 0.884 bits per heavy atom. The van der Waals surface area contributed by atoms with Gasteiger partial charge in [0, 0.05) is 38.2 Å². The van der Waals surface area contributed by atoms with Crippen molar-refractivity contribution in [1.29, 1.82) is 0 Å². The number of anilines is 1. The van der Waals surface area contributed by atoms with Gasteiger partial charge in [-0.1, -0.05) is 96.9 Å². The number of benzene rings is 3. The topological polar surface area (TPSA) is 86.8 Å². The lowest BCUT2D eigenvalue weighted by Gasteiger charge is -2.35. The molecule has 1 atom stereocenters. The molecule has 3 aromatic carbocycles. The number of nitrogens with one attached hydrogen (secondary N) is 1. The third-order valence-corrected chi connectivity index (χ3v) is 10.4. The van der Waals surface area contributed by atoms with Gasteiger partial charge in [0.15, 0.2) is 0 Å². The number of hydrogen-bond donors (Lipinski definition) is 1. The second-order valence-corrected chi connectivity index (χ2v) is 14.0. The Labute approximate surface area is 273 Å². The van der Waals surface area contributed by atoms with E-state index in [0.29, 0.717) is 15.6 Å². The van der Waals surface area contributed by atoms with E-state index in [1.807, 2.05) is 0 Å². The van der Waals surface area contributed by atoms with Gasteiger partial charge < -0.3 is 10.2 Å². The smallest absolute Gasteiger partial charge is 0.264 e. The average molecular weight is 686 g/mol. The summed E-state index contributed by atoms with van der Waals surface area (Å²) in [6.45, 7) is 1.06. The third kappa shape index (κ3) is 8.37. The molecular weight excluding hydrogens is 652 g/mol. The van der Waals surface area contributed by atoms with E-state index < -0.39 is 28.5 Å². The van der Waals surface area contributed by atoms with Crippen LogP contribution in [0.5, 0.6) is 0 Å². The van der Waals surface area contributed by atoms with Gasteiger partial charge in [-0.15, -0.1) is 0 Å². The summed E-state index contributed by atoms with van der Waals surface area (Å²) in [5.41, 5.74) is 0.552. The van der Waals surface area contributed by atoms with Crippen molar-refractivity contribution >= 4 is 73.9 Å². The van der Waals surface area contributed by atoms with Crippen molar-refractivity contribution in [3.63, 3.8) is 0 Å². The van der Waals surface area contributed by atoms with Crippen LogP contribution in [0.1, 0.15) is 51.0 Å². The van der Waals surface area contributed by atoms with E-state index in [0.717, 1.165) is 36.4 Å². The van der Waals surface area contributed by atoms with Gasteiger partial charge in [-0.05, 0) is 61.7 Å². The third-order valence-electron chi connectivity index (χ3n) is 7.47. The zero-order valence-electron chi connectivity index (χ0n) is 23.6. The van der Waals surface area contributed by atoms with E-state index in [4.69, 9.17) is 46.4 Å². The second kappa shape index (κ2) is 15.0. The first kappa shape index (κ1) is 33.4. The van der Waals surface area contributed by atoms with E-state index in [1.165, 1.54) is 35.2 Å².